The molecule has 4 heteroatoms. The molecule has 0 amide bonds. The second-order valence-corrected chi connectivity index (χ2v) is 13.4. The third-order valence-corrected chi connectivity index (χ3v) is 10.9. The summed E-state index contributed by atoms with van der Waals surface area (Å²) in [5, 5.41) is 0. The van der Waals surface area contributed by atoms with E-state index in [1.165, 1.54) is 39.0 Å². The monoisotopic (exact) mass is 538 g/mol. The Kier molecular flexibility index (Phi) is 8.56. The van der Waals surface area contributed by atoms with E-state index in [-0.39, 0.29) is 51.0 Å². The molecule has 0 heterocycles. The predicted molar refractivity (Wildman–Crippen MR) is 123 cm³/mol. The molecule has 2 aliphatic rings. The van der Waals surface area contributed by atoms with Gasteiger partial charge in [-0.2, -0.15) is 0 Å². The zero-order valence-corrected chi connectivity index (χ0v) is 23.0. The molecule has 5 rings (SSSR count). The summed E-state index contributed by atoms with van der Waals surface area (Å²) in [6, 6.07) is 27.2. The molecule has 1 unspecified atom stereocenters. The summed E-state index contributed by atoms with van der Waals surface area (Å²) >= 11 is 0. The van der Waals surface area contributed by atoms with Crippen LogP contribution < -0.4 is 24.8 Å². The SMILES string of the molecule is CC=CC1=Cc2ccccc2C1[Si](C)(C)C1c2ccccc2-c2ccccc21.[Cl-].[Cl-].[Zr+2]. The Balaban J connectivity index is 0.00000114. The number of hydrogen-bond donors (Lipinski definition) is 0. The van der Waals surface area contributed by atoms with Crippen LogP contribution in [0.3, 0.4) is 0 Å². The van der Waals surface area contributed by atoms with E-state index in [9.17, 15) is 0 Å². The van der Waals surface area contributed by atoms with E-state index >= 15 is 0 Å². The Labute approximate surface area is 218 Å². The maximum atomic E-state index is 2.60. The van der Waals surface area contributed by atoms with Crippen molar-refractivity contribution in [1.29, 1.82) is 0 Å². The summed E-state index contributed by atoms with van der Waals surface area (Å²) in [5.41, 5.74) is 11.4. The number of fused-ring (bicyclic) bond motifs is 4. The molecule has 0 fully saturated rings. The van der Waals surface area contributed by atoms with Crippen molar-refractivity contribution < 1.29 is 51.0 Å². The minimum absolute atomic E-state index is 0. The predicted octanol–water partition coefficient (Wildman–Crippen LogP) is 1.35. The van der Waals surface area contributed by atoms with Gasteiger partial charge >= 0.3 is 26.2 Å². The van der Waals surface area contributed by atoms with Crippen LogP contribution in [0.5, 0.6) is 0 Å². The van der Waals surface area contributed by atoms with Crippen LogP contribution in [0.15, 0.2) is 90.5 Å². The fraction of sp³-hybridized carbons (Fsp3) is 0.185. The quantitative estimate of drug-likeness (QED) is 0.440. The summed E-state index contributed by atoms with van der Waals surface area (Å²) < 4.78 is 0. The Bertz CT molecular complexity index is 1090. The zero-order chi connectivity index (χ0) is 19.3. The van der Waals surface area contributed by atoms with Gasteiger partial charge in [-0.05, 0) is 45.9 Å². The Morgan fingerprint density at radius 2 is 1.16 bits per heavy atom. The second-order valence-electron chi connectivity index (χ2n) is 8.64. The molecule has 0 aliphatic heterocycles. The van der Waals surface area contributed by atoms with Gasteiger partial charge in [0.05, 0.1) is 8.07 Å². The smallest absolute Gasteiger partial charge is 1.00 e. The molecular formula is C27H26Cl2SiZr. The van der Waals surface area contributed by atoms with E-state index in [1.54, 1.807) is 0 Å². The van der Waals surface area contributed by atoms with Crippen LogP contribution in [0, 0.1) is 0 Å². The van der Waals surface area contributed by atoms with Crippen LogP contribution in [0.25, 0.3) is 17.2 Å². The maximum absolute atomic E-state index is 2.60. The standard InChI is InChI=1S/C27H26Si.2ClH.Zr/c1-4-11-20-18-19-12-5-6-13-21(19)26(20)28(2,3)27-24-16-9-7-14-22(24)23-15-8-10-17-25(23)27;;;/h4-18,26-27H,1-3H3;2*1H;/q;;;+2/p-2. The summed E-state index contributed by atoms with van der Waals surface area (Å²) in [6.45, 7) is 7.33. The summed E-state index contributed by atoms with van der Waals surface area (Å²) in [5.74, 6) is 0. The van der Waals surface area contributed by atoms with Gasteiger partial charge in [0, 0.05) is 11.1 Å². The number of hydrogen-bond acceptors (Lipinski definition) is 0. The van der Waals surface area contributed by atoms with Crippen molar-refractivity contribution in [3.05, 3.63) is 113 Å². The molecule has 0 aromatic heterocycles. The average molecular weight is 541 g/mol. The molecule has 3 aromatic carbocycles. The van der Waals surface area contributed by atoms with Crippen molar-refractivity contribution in [2.24, 2.45) is 0 Å². The van der Waals surface area contributed by atoms with Crippen molar-refractivity contribution in [2.45, 2.75) is 31.1 Å². The minimum Gasteiger partial charge on any atom is -1.00 e. The molecule has 31 heavy (non-hydrogen) atoms. The fourth-order valence-corrected chi connectivity index (χ4v) is 10.2. The van der Waals surface area contributed by atoms with Crippen LogP contribution in [0.4, 0.5) is 0 Å². The van der Waals surface area contributed by atoms with Gasteiger partial charge in [-0.3, -0.25) is 0 Å². The number of halogens is 2. The summed E-state index contributed by atoms with van der Waals surface area (Å²) in [7, 11) is -1.81. The van der Waals surface area contributed by atoms with Gasteiger partial charge < -0.3 is 24.8 Å². The van der Waals surface area contributed by atoms with Crippen LogP contribution in [0.2, 0.25) is 13.1 Å². The van der Waals surface area contributed by atoms with Crippen molar-refractivity contribution >= 4 is 14.1 Å². The number of benzene rings is 3. The first-order chi connectivity index (χ1) is 13.6. The Hall–Kier alpha value is -1.18. The van der Waals surface area contributed by atoms with Gasteiger partial charge in [0.1, 0.15) is 0 Å². The molecule has 0 saturated carbocycles. The van der Waals surface area contributed by atoms with E-state index < -0.39 is 8.07 Å². The third kappa shape index (κ3) is 4.13. The summed E-state index contributed by atoms with van der Waals surface area (Å²) in [6.07, 6.45) is 6.96. The molecule has 1 atom stereocenters. The van der Waals surface area contributed by atoms with E-state index in [0.29, 0.717) is 11.1 Å². The molecule has 3 aromatic rings. The first-order valence-electron chi connectivity index (χ1n) is 10.2. The largest absolute Gasteiger partial charge is 2.00 e. The van der Waals surface area contributed by atoms with E-state index in [1.807, 2.05) is 0 Å². The molecule has 2 aliphatic carbocycles. The molecule has 0 bridgehead atoms. The van der Waals surface area contributed by atoms with Crippen LogP contribution in [-0.4, -0.2) is 8.07 Å². The van der Waals surface area contributed by atoms with Crippen molar-refractivity contribution in [3.8, 4) is 11.1 Å². The molecule has 0 spiro atoms. The second kappa shape index (κ2) is 10.2. The molecule has 156 valence electrons. The zero-order valence-electron chi connectivity index (χ0n) is 18.1. The molecule has 0 N–H and O–H groups in total. The van der Waals surface area contributed by atoms with Gasteiger partial charge in [-0.1, -0.05) is 104 Å². The van der Waals surface area contributed by atoms with Crippen LogP contribution in [0.1, 0.15) is 40.3 Å². The average Bonchev–Trinajstić information content (AvgIpc) is 3.24. The van der Waals surface area contributed by atoms with Gasteiger partial charge in [0.25, 0.3) is 0 Å². The van der Waals surface area contributed by atoms with Crippen molar-refractivity contribution in [2.75, 3.05) is 0 Å². The van der Waals surface area contributed by atoms with Crippen LogP contribution in [-0.2, 0) is 26.2 Å². The van der Waals surface area contributed by atoms with E-state index in [4.69, 9.17) is 0 Å². The van der Waals surface area contributed by atoms with Gasteiger partial charge in [0.2, 0.25) is 0 Å². The van der Waals surface area contributed by atoms with Gasteiger partial charge in [0.15, 0.2) is 0 Å². The van der Waals surface area contributed by atoms with Gasteiger partial charge in [-0.25, -0.2) is 0 Å². The Morgan fingerprint density at radius 3 is 1.71 bits per heavy atom. The normalized spacial score (nSPS) is 16.4. The molecular weight excluding hydrogens is 515 g/mol. The topological polar surface area (TPSA) is 0 Å². The number of allylic oxidation sites excluding steroid dienone is 3. The van der Waals surface area contributed by atoms with Crippen molar-refractivity contribution in [1.82, 2.24) is 0 Å². The molecule has 0 saturated heterocycles. The number of rotatable bonds is 3. The molecule has 0 nitrogen and oxygen atoms in total. The van der Waals surface area contributed by atoms with Crippen LogP contribution >= 0.6 is 0 Å². The maximum Gasteiger partial charge on any atom is 2.00 e. The first-order valence-corrected chi connectivity index (χ1v) is 13.4. The fourth-order valence-electron chi connectivity index (χ4n) is 5.64. The third-order valence-electron chi connectivity index (χ3n) is 6.64. The van der Waals surface area contributed by atoms with E-state index in [2.05, 4.69) is 111 Å². The first kappa shape index (κ1) is 26.1. The van der Waals surface area contributed by atoms with Gasteiger partial charge in [-0.15, -0.1) is 0 Å². The molecule has 0 radical (unpaired) electrons. The van der Waals surface area contributed by atoms with E-state index in [0.717, 1.165) is 0 Å². The van der Waals surface area contributed by atoms with Crippen molar-refractivity contribution in [3.63, 3.8) is 0 Å². The Morgan fingerprint density at radius 1 is 0.677 bits per heavy atom. The minimum atomic E-state index is -1.81. The summed E-state index contributed by atoms with van der Waals surface area (Å²) in [4.78, 5) is 0.